The van der Waals surface area contributed by atoms with Crippen LogP contribution >= 0.6 is 11.3 Å². The highest BCUT2D eigenvalue weighted by Gasteiger charge is 2.11. The van der Waals surface area contributed by atoms with Crippen molar-refractivity contribution >= 4 is 11.3 Å². The highest BCUT2D eigenvalue weighted by molar-refractivity contribution is 7.12. The normalized spacial score (nSPS) is 15.5. The van der Waals surface area contributed by atoms with Crippen LogP contribution in [0.5, 0.6) is 5.06 Å². The van der Waals surface area contributed by atoms with Crippen molar-refractivity contribution in [3.63, 3.8) is 0 Å². The van der Waals surface area contributed by atoms with Gasteiger partial charge >= 0.3 is 0 Å². The summed E-state index contributed by atoms with van der Waals surface area (Å²) in [4.78, 5) is 0. The summed E-state index contributed by atoms with van der Waals surface area (Å²) in [5, 5.41) is 3.13. The van der Waals surface area contributed by atoms with E-state index < -0.39 is 0 Å². The number of fused-ring (bicyclic) bond motifs is 1. The first-order chi connectivity index (χ1) is 3.97. The Hall–Kier alpha value is -0.500. The van der Waals surface area contributed by atoms with E-state index in [2.05, 4.69) is 11.4 Å². The van der Waals surface area contributed by atoms with Gasteiger partial charge in [-0.1, -0.05) is 0 Å². The molecule has 0 amide bonds. The molecule has 0 saturated carbocycles. The molecule has 1 radical (unpaired) electrons. The van der Waals surface area contributed by atoms with E-state index in [1.54, 1.807) is 11.3 Å². The van der Waals surface area contributed by atoms with E-state index in [0.717, 1.165) is 11.5 Å². The molecule has 0 N–H and O–H groups in total. The molecule has 1 aliphatic rings. The summed E-state index contributed by atoms with van der Waals surface area (Å²) < 4.78 is 5.13. The van der Waals surface area contributed by atoms with Crippen molar-refractivity contribution in [2.75, 3.05) is 0 Å². The fourth-order valence-corrected chi connectivity index (χ4v) is 1.57. The van der Waals surface area contributed by atoms with Gasteiger partial charge in [0.25, 0.3) is 0 Å². The van der Waals surface area contributed by atoms with Gasteiger partial charge in [-0.3, -0.25) is 0 Å². The number of ether oxygens (including phenoxy) is 1. The van der Waals surface area contributed by atoms with Gasteiger partial charge in [0, 0.05) is 12.0 Å². The molecule has 1 aliphatic heterocycles. The van der Waals surface area contributed by atoms with Gasteiger partial charge < -0.3 is 4.74 Å². The number of hydrogen-bond acceptors (Lipinski definition) is 2. The Morgan fingerprint density at radius 2 is 2.62 bits per heavy atom. The van der Waals surface area contributed by atoms with E-state index in [4.69, 9.17) is 4.74 Å². The lowest BCUT2D eigenvalue weighted by atomic mass is 10.3. The molecule has 41 valence electrons. The molecule has 0 unspecified atom stereocenters. The van der Waals surface area contributed by atoms with Gasteiger partial charge in [0.1, 0.15) is 6.61 Å². The SMILES string of the molecule is [CH]1Cc2ccsc2O1. The third kappa shape index (κ3) is 0.464. The molecule has 0 fully saturated rings. The van der Waals surface area contributed by atoms with Crippen molar-refractivity contribution in [1.82, 2.24) is 0 Å². The Morgan fingerprint density at radius 3 is 3.50 bits per heavy atom. The summed E-state index contributed by atoms with van der Waals surface area (Å²) in [6, 6.07) is 2.10. The van der Waals surface area contributed by atoms with Crippen LogP contribution in [0.15, 0.2) is 11.4 Å². The number of rotatable bonds is 0. The Balaban J connectivity index is 2.54. The lowest BCUT2D eigenvalue weighted by Gasteiger charge is -1.85. The van der Waals surface area contributed by atoms with Crippen LogP contribution in [-0.4, -0.2) is 0 Å². The first kappa shape index (κ1) is 4.39. The van der Waals surface area contributed by atoms with Crippen molar-refractivity contribution in [2.45, 2.75) is 6.42 Å². The monoisotopic (exact) mass is 125 g/mol. The molecule has 0 spiro atoms. The highest BCUT2D eigenvalue weighted by Crippen LogP contribution is 2.32. The second-order valence-corrected chi connectivity index (χ2v) is 2.60. The fraction of sp³-hybridized carbons (Fsp3) is 0.167. The van der Waals surface area contributed by atoms with Gasteiger partial charge in [0.05, 0.1) is 0 Å². The van der Waals surface area contributed by atoms with E-state index in [1.807, 2.05) is 6.61 Å². The summed E-state index contributed by atoms with van der Waals surface area (Å²) >= 11 is 1.66. The molecule has 1 aromatic rings. The molecule has 0 saturated heterocycles. The van der Waals surface area contributed by atoms with Crippen LogP contribution in [0.2, 0.25) is 0 Å². The standard InChI is InChI=1S/C6H5OS/c1-3-7-6-5(1)2-4-8-6/h2-4H,1H2. The fourth-order valence-electron chi connectivity index (χ4n) is 0.784. The lowest BCUT2D eigenvalue weighted by Crippen LogP contribution is -1.76. The van der Waals surface area contributed by atoms with Crippen molar-refractivity contribution in [2.24, 2.45) is 0 Å². The van der Waals surface area contributed by atoms with Crippen LogP contribution in [0.4, 0.5) is 0 Å². The van der Waals surface area contributed by atoms with E-state index in [1.165, 1.54) is 5.56 Å². The second-order valence-electron chi connectivity index (χ2n) is 1.72. The van der Waals surface area contributed by atoms with Gasteiger partial charge in [-0.05, 0) is 11.4 Å². The molecular weight excluding hydrogens is 120 g/mol. The van der Waals surface area contributed by atoms with Crippen molar-refractivity contribution in [1.29, 1.82) is 0 Å². The van der Waals surface area contributed by atoms with Crippen LogP contribution in [0.1, 0.15) is 5.56 Å². The maximum Gasteiger partial charge on any atom is 0.177 e. The van der Waals surface area contributed by atoms with Crippen LogP contribution < -0.4 is 4.74 Å². The topological polar surface area (TPSA) is 9.23 Å². The zero-order valence-corrected chi connectivity index (χ0v) is 5.07. The van der Waals surface area contributed by atoms with Crippen molar-refractivity contribution in [3.05, 3.63) is 23.6 Å². The van der Waals surface area contributed by atoms with Gasteiger partial charge in [0.15, 0.2) is 5.06 Å². The zero-order chi connectivity index (χ0) is 5.40. The van der Waals surface area contributed by atoms with Gasteiger partial charge in [-0.25, -0.2) is 0 Å². The quantitative estimate of drug-likeness (QED) is 0.514. The lowest BCUT2D eigenvalue weighted by molar-refractivity contribution is 0.445. The van der Waals surface area contributed by atoms with Crippen LogP contribution in [0.3, 0.4) is 0 Å². The molecule has 0 aliphatic carbocycles. The van der Waals surface area contributed by atoms with Gasteiger partial charge in [-0.15, -0.1) is 11.3 Å². The predicted octanol–water partition coefficient (Wildman–Crippen LogP) is 1.84. The summed E-state index contributed by atoms with van der Waals surface area (Å²) in [5.41, 5.74) is 1.33. The second kappa shape index (κ2) is 1.49. The first-order valence-corrected chi connectivity index (χ1v) is 3.39. The summed E-state index contributed by atoms with van der Waals surface area (Å²) in [7, 11) is 0. The maximum absolute atomic E-state index is 5.13. The zero-order valence-electron chi connectivity index (χ0n) is 4.26. The maximum atomic E-state index is 5.13. The minimum absolute atomic E-state index is 0.985. The van der Waals surface area contributed by atoms with E-state index >= 15 is 0 Å². The highest BCUT2D eigenvalue weighted by atomic mass is 32.1. The van der Waals surface area contributed by atoms with Crippen molar-refractivity contribution in [3.8, 4) is 5.06 Å². The van der Waals surface area contributed by atoms with E-state index in [0.29, 0.717) is 0 Å². The molecule has 1 nitrogen and oxygen atoms in total. The summed E-state index contributed by atoms with van der Waals surface area (Å²) in [6.07, 6.45) is 0.985. The third-order valence-electron chi connectivity index (χ3n) is 1.20. The summed E-state index contributed by atoms with van der Waals surface area (Å²) in [6.45, 7) is 1.83. The Bertz CT molecular complexity index is 174. The molecule has 0 bridgehead atoms. The van der Waals surface area contributed by atoms with E-state index in [9.17, 15) is 0 Å². The molecule has 0 aromatic carbocycles. The molecule has 1 aromatic heterocycles. The largest absolute Gasteiger partial charge is 0.476 e. The predicted molar refractivity (Wildman–Crippen MR) is 33.0 cm³/mol. The molecule has 2 heteroatoms. The average molecular weight is 125 g/mol. The molecule has 2 rings (SSSR count). The Kier molecular flexibility index (Phi) is 0.815. The number of thiophene rings is 1. The van der Waals surface area contributed by atoms with Crippen molar-refractivity contribution < 1.29 is 4.74 Å². The minimum Gasteiger partial charge on any atom is -0.476 e. The van der Waals surface area contributed by atoms with Gasteiger partial charge in [0.2, 0.25) is 0 Å². The van der Waals surface area contributed by atoms with E-state index in [-0.39, 0.29) is 0 Å². The molecule has 2 heterocycles. The third-order valence-corrected chi connectivity index (χ3v) is 2.04. The molecular formula is C6H5OS. The average Bonchev–Trinajstić information content (AvgIpc) is 2.15. The van der Waals surface area contributed by atoms with Crippen LogP contribution in [0.25, 0.3) is 0 Å². The Labute approximate surface area is 51.9 Å². The Morgan fingerprint density at radius 1 is 1.62 bits per heavy atom. The molecule has 0 atom stereocenters. The minimum atomic E-state index is 0.985. The summed E-state index contributed by atoms with van der Waals surface area (Å²) in [5.74, 6) is 0. The van der Waals surface area contributed by atoms with Gasteiger partial charge in [-0.2, -0.15) is 0 Å². The van der Waals surface area contributed by atoms with Crippen LogP contribution in [0, 0.1) is 6.61 Å². The molecule has 8 heavy (non-hydrogen) atoms. The first-order valence-electron chi connectivity index (χ1n) is 2.51. The smallest absolute Gasteiger partial charge is 0.177 e. The number of hydrogen-bond donors (Lipinski definition) is 0. The van der Waals surface area contributed by atoms with Crippen LogP contribution in [-0.2, 0) is 6.42 Å².